The third-order valence-electron chi connectivity index (χ3n) is 2.26. The van der Waals surface area contributed by atoms with E-state index in [2.05, 4.69) is 4.98 Å². The monoisotopic (exact) mass is 164 g/mol. The highest BCUT2D eigenvalue weighted by atomic mass is 16.3. The third kappa shape index (κ3) is 1.28. The van der Waals surface area contributed by atoms with Gasteiger partial charge in [-0.1, -0.05) is 6.07 Å². The van der Waals surface area contributed by atoms with Gasteiger partial charge in [-0.25, -0.2) is 4.98 Å². The minimum absolute atomic E-state index is 0.404. The van der Waals surface area contributed by atoms with Crippen molar-refractivity contribution in [2.75, 3.05) is 5.73 Å². The number of anilines is 1. The maximum atomic E-state index is 9.72. The molecule has 0 radical (unpaired) electrons. The molecular weight excluding hydrogens is 152 g/mol. The van der Waals surface area contributed by atoms with E-state index in [-0.39, 0.29) is 0 Å². The van der Waals surface area contributed by atoms with Crippen molar-refractivity contribution in [3.05, 3.63) is 23.9 Å². The van der Waals surface area contributed by atoms with Crippen LogP contribution in [0.3, 0.4) is 0 Å². The van der Waals surface area contributed by atoms with Gasteiger partial charge in [0.15, 0.2) is 0 Å². The standard InChI is InChI=1S/C9H12N2O/c10-9-7(2-1-5-11-9)8(12)6-3-4-6/h1-2,5-6,8,12H,3-4H2,(H2,10,11). The number of rotatable bonds is 2. The number of aromatic nitrogens is 1. The first-order chi connectivity index (χ1) is 5.79. The predicted octanol–water partition coefficient (Wildman–Crippen LogP) is 1.11. The van der Waals surface area contributed by atoms with Crippen molar-refractivity contribution < 1.29 is 5.11 Å². The van der Waals surface area contributed by atoms with Gasteiger partial charge >= 0.3 is 0 Å². The molecule has 1 aromatic heterocycles. The second-order valence-corrected chi connectivity index (χ2v) is 3.26. The summed E-state index contributed by atoms with van der Waals surface area (Å²) in [6, 6.07) is 3.64. The molecule has 1 aromatic rings. The molecule has 1 heterocycles. The lowest BCUT2D eigenvalue weighted by Crippen LogP contribution is -2.04. The third-order valence-corrected chi connectivity index (χ3v) is 2.26. The Morgan fingerprint density at radius 3 is 2.92 bits per heavy atom. The number of nitrogens with two attached hydrogens (primary N) is 1. The Bertz CT molecular complexity index is 284. The summed E-state index contributed by atoms with van der Waals surface area (Å²) in [5, 5.41) is 9.72. The van der Waals surface area contributed by atoms with Crippen molar-refractivity contribution in [3.63, 3.8) is 0 Å². The first-order valence-electron chi connectivity index (χ1n) is 4.17. The average molecular weight is 164 g/mol. The Kier molecular flexibility index (Phi) is 1.73. The average Bonchev–Trinajstić information content (AvgIpc) is 2.86. The molecule has 1 saturated carbocycles. The van der Waals surface area contributed by atoms with E-state index in [1.165, 1.54) is 0 Å². The predicted molar refractivity (Wildman–Crippen MR) is 46.3 cm³/mol. The van der Waals surface area contributed by atoms with E-state index in [1.807, 2.05) is 6.07 Å². The summed E-state index contributed by atoms with van der Waals surface area (Å²) in [4.78, 5) is 3.93. The Morgan fingerprint density at radius 1 is 1.58 bits per heavy atom. The van der Waals surface area contributed by atoms with Crippen molar-refractivity contribution >= 4 is 5.82 Å². The zero-order valence-electron chi connectivity index (χ0n) is 6.77. The van der Waals surface area contributed by atoms with Crippen molar-refractivity contribution in [2.45, 2.75) is 18.9 Å². The van der Waals surface area contributed by atoms with E-state index in [0.29, 0.717) is 11.7 Å². The lowest BCUT2D eigenvalue weighted by atomic mass is 10.1. The molecule has 1 aliphatic carbocycles. The second-order valence-electron chi connectivity index (χ2n) is 3.26. The fourth-order valence-electron chi connectivity index (χ4n) is 1.35. The van der Waals surface area contributed by atoms with Gasteiger partial charge in [-0.15, -0.1) is 0 Å². The van der Waals surface area contributed by atoms with E-state index < -0.39 is 6.10 Å². The molecule has 1 fully saturated rings. The molecule has 0 spiro atoms. The summed E-state index contributed by atoms with van der Waals surface area (Å²) in [7, 11) is 0. The number of hydrogen-bond acceptors (Lipinski definition) is 3. The SMILES string of the molecule is Nc1ncccc1C(O)C1CC1. The molecule has 1 atom stereocenters. The van der Waals surface area contributed by atoms with E-state index in [0.717, 1.165) is 18.4 Å². The summed E-state index contributed by atoms with van der Waals surface area (Å²) in [6.07, 6.45) is 3.45. The molecule has 1 unspecified atom stereocenters. The topological polar surface area (TPSA) is 59.1 Å². The zero-order valence-corrected chi connectivity index (χ0v) is 6.77. The number of nitrogen functional groups attached to an aromatic ring is 1. The van der Waals surface area contributed by atoms with Crippen molar-refractivity contribution in [1.29, 1.82) is 0 Å². The molecule has 3 nitrogen and oxygen atoms in total. The zero-order chi connectivity index (χ0) is 8.55. The van der Waals surface area contributed by atoms with Gasteiger partial charge in [0, 0.05) is 11.8 Å². The molecule has 0 aromatic carbocycles. The lowest BCUT2D eigenvalue weighted by molar-refractivity contribution is 0.154. The molecule has 1 aliphatic rings. The van der Waals surface area contributed by atoms with Gasteiger partial charge in [-0.3, -0.25) is 0 Å². The van der Waals surface area contributed by atoms with Crippen LogP contribution in [0.25, 0.3) is 0 Å². The van der Waals surface area contributed by atoms with Gasteiger partial charge in [0.2, 0.25) is 0 Å². The van der Waals surface area contributed by atoms with Crippen LogP contribution >= 0.6 is 0 Å². The maximum absolute atomic E-state index is 9.72. The van der Waals surface area contributed by atoms with Crippen LogP contribution in [0.5, 0.6) is 0 Å². The van der Waals surface area contributed by atoms with Crippen LogP contribution in [0.4, 0.5) is 5.82 Å². The van der Waals surface area contributed by atoms with Crippen molar-refractivity contribution in [1.82, 2.24) is 4.98 Å². The number of aliphatic hydroxyl groups is 1. The number of aliphatic hydroxyl groups excluding tert-OH is 1. The van der Waals surface area contributed by atoms with Crippen LogP contribution in [0.2, 0.25) is 0 Å². The molecule has 12 heavy (non-hydrogen) atoms. The summed E-state index contributed by atoms with van der Waals surface area (Å²) < 4.78 is 0. The Labute approximate surface area is 71.2 Å². The minimum Gasteiger partial charge on any atom is -0.388 e. The van der Waals surface area contributed by atoms with E-state index in [4.69, 9.17) is 5.73 Å². The largest absolute Gasteiger partial charge is 0.388 e. The molecule has 0 saturated heterocycles. The number of pyridine rings is 1. The van der Waals surface area contributed by atoms with Crippen LogP contribution in [0.1, 0.15) is 24.5 Å². The van der Waals surface area contributed by atoms with Gasteiger partial charge < -0.3 is 10.8 Å². The highest BCUT2D eigenvalue weighted by Crippen LogP contribution is 2.41. The molecular formula is C9H12N2O. The van der Waals surface area contributed by atoms with Gasteiger partial charge in [0.05, 0.1) is 6.10 Å². The summed E-state index contributed by atoms with van der Waals surface area (Å²) in [5.74, 6) is 0.869. The lowest BCUT2D eigenvalue weighted by Gasteiger charge is -2.10. The van der Waals surface area contributed by atoms with E-state index >= 15 is 0 Å². The van der Waals surface area contributed by atoms with Crippen LogP contribution in [0.15, 0.2) is 18.3 Å². The second kappa shape index (κ2) is 2.75. The molecule has 0 bridgehead atoms. The van der Waals surface area contributed by atoms with Crippen LogP contribution in [0, 0.1) is 5.92 Å². The van der Waals surface area contributed by atoms with Crippen molar-refractivity contribution in [3.8, 4) is 0 Å². The highest BCUT2D eigenvalue weighted by Gasteiger charge is 2.31. The Morgan fingerprint density at radius 2 is 2.33 bits per heavy atom. The summed E-state index contributed by atoms with van der Waals surface area (Å²) in [5.41, 5.74) is 6.39. The van der Waals surface area contributed by atoms with Gasteiger partial charge in [0.25, 0.3) is 0 Å². The molecule has 3 N–H and O–H groups in total. The molecule has 0 aliphatic heterocycles. The fourth-order valence-corrected chi connectivity index (χ4v) is 1.35. The number of hydrogen-bond donors (Lipinski definition) is 2. The normalized spacial score (nSPS) is 19.1. The molecule has 64 valence electrons. The number of nitrogens with zero attached hydrogens (tertiary/aromatic N) is 1. The molecule has 3 heteroatoms. The quantitative estimate of drug-likeness (QED) is 0.688. The van der Waals surface area contributed by atoms with E-state index in [9.17, 15) is 5.11 Å². The highest BCUT2D eigenvalue weighted by molar-refractivity contribution is 5.40. The maximum Gasteiger partial charge on any atom is 0.129 e. The Balaban J connectivity index is 2.25. The summed E-state index contributed by atoms with van der Waals surface area (Å²) in [6.45, 7) is 0. The van der Waals surface area contributed by atoms with Crippen LogP contribution in [-0.4, -0.2) is 10.1 Å². The van der Waals surface area contributed by atoms with Crippen molar-refractivity contribution in [2.24, 2.45) is 5.92 Å². The van der Waals surface area contributed by atoms with E-state index in [1.54, 1.807) is 12.3 Å². The fraction of sp³-hybridized carbons (Fsp3) is 0.444. The van der Waals surface area contributed by atoms with Crippen LogP contribution in [-0.2, 0) is 0 Å². The van der Waals surface area contributed by atoms with Gasteiger partial charge in [-0.2, -0.15) is 0 Å². The van der Waals surface area contributed by atoms with Gasteiger partial charge in [-0.05, 0) is 24.8 Å². The molecule has 0 amide bonds. The smallest absolute Gasteiger partial charge is 0.129 e. The summed E-state index contributed by atoms with van der Waals surface area (Å²) >= 11 is 0. The Hall–Kier alpha value is -1.09. The van der Waals surface area contributed by atoms with Gasteiger partial charge in [0.1, 0.15) is 5.82 Å². The molecule has 2 rings (SSSR count). The minimum atomic E-state index is -0.404. The first-order valence-corrected chi connectivity index (χ1v) is 4.17. The first kappa shape index (κ1) is 7.55. The van der Waals surface area contributed by atoms with Crippen LogP contribution < -0.4 is 5.73 Å².